The van der Waals surface area contributed by atoms with Gasteiger partial charge < -0.3 is 10.1 Å². The summed E-state index contributed by atoms with van der Waals surface area (Å²) in [6.45, 7) is 3.00. The number of carbonyl (C=O) groups excluding carboxylic acids is 2. The Balaban J connectivity index is 1.62. The number of amides is 2. The van der Waals surface area contributed by atoms with E-state index in [1.165, 1.54) is 0 Å². The van der Waals surface area contributed by atoms with Crippen LogP contribution in [0.4, 0.5) is 11.6 Å². The fourth-order valence-corrected chi connectivity index (χ4v) is 3.76. The Hall–Kier alpha value is -3.19. The van der Waals surface area contributed by atoms with Crippen molar-refractivity contribution in [1.82, 2.24) is 9.55 Å². The molecule has 4 rings (SSSR count). The Labute approximate surface area is 169 Å². The smallest absolute Gasteiger partial charge is 0.253 e. The minimum Gasteiger partial charge on any atom is -0.385 e. The second-order valence-corrected chi connectivity index (χ2v) is 7.19. The Morgan fingerprint density at radius 2 is 1.93 bits per heavy atom. The van der Waals surface area contributed by atoms with Gasteiger partial charge in [-0.15, -0.1) is 0 Å². The van der Waals surface area contributed by atoms with Crippen molar-refractivity contribution in [2.75, 3.05) is 30.5 Å². The van der Waals surface area contributed by atoms with E-state index in [9.17, 15) is 9.59 Å². The predicted octanol–water partition coefficient (Wildman–Crippen LogP) is 3.30. The van der Waals surface area contributed by atoms with Crippen LogP contribution < -0.4 is 10.2 Å². The monoisotopic (exact) mass is 392 g/mol. The molecule has 0 bridgehead atoms. The summed E-state index contributed by atoms with van der Waals surface area (Å²) in [5, 5.41) is 2.93. The van der Waals surface area contributed by atoms with Gasteiger partial charge in [-0.05, 0) is 37.1 Å². The number of hydrogen-bond donors (Lipinski definition) is 1. The first kappa shape index (κ1) is 19.1. The molecule has 1 atom stereocenters. The Morgan fingerprint density at radius 1 is 1.17 bits per heavy atom. The van der Waals surface area contributed by atoms with Gasteiger partial charge in [0.2, 0.25) is 11.9 Å². The summed E-state index contributed by atoms with van der Waals surface area (Å²) in [7, 11) is 1.64. The molecule has 0 spiro atoms. The number of nitrogens with zero attached hydrogens (tertiary/aromatic N) is 3. The molecule has 0 aliphatic carbocycles. The van der Waals surface area contributed by atoms with Gasteiger partial charge in [0.15, 0.2) is 0 Å². The standard InChI is InChI=1S/C22H24N4O3/c1-15-8-3-4-9-16(15)23-20(27)14-19-21(28)25(12-7-13-29-2)22-24-17-10-5-6-11-18(17)26(19)22/h3-6,8-11,19H,7,12-14H2,1-2H3,(H,23,27). The van der Waals surface area contributed by atoms with E-state index in [2.05, 4.69) is 10.3 Å². The molecule has 150 valence electrons. The van der Waals surface area contributed by atoms with E-state index in [0.717, 1.165) is 22.3 Å². The molecule has 7 nitrogen and oxygen atoms in total. The number of nitrogens with one attached hydrogen (secondary N) is 1. The van der Waals surface area contributed by atoms with Crippen molar-refractivity contribution in [3.63, 3.8) is 0 Å². The lowest BCUT2D eigenvalue weighted by Gasteiger charge is -2.16. The summed E-state index contributed by atoms with van der Waals surface area (Å²) in [5.41, 5.74) is 3.42. The summed E-state index contributed by atoms with van der Waals surface area (Å²) in [6.07, 6.45) is 0.759. The van der Waals surface area contributed by atoms with Crippen LogP contribution in [0.25, 0.3) is 11.0 Å². The minimum atomic E-state index is -0.607. The molecule has 1 unspecified atom stereocenters. The van der Waals surface area contributed by atoms with E-state index in [1.54, 1.807) is 12.0 Å². The highest BCUT2D eigenvalue weighted by molar-refractivity contribution is 6.05. The van der Waals surface area contributed by atoms with Crippen molar-refractivity contribution in [3.05, 3.63) is 54.1 Å². The first-order valence-corrected chi connectivity index (χ1v) is 9.73. The highest BCUT2D eigenvalue weighted by atomic mass is 16.5. The van der Waals surface area contributed by atoms with Crippen molar-refractivity contribution in [2.45, 2.75) is 25.8 Å². The molecule has 1 aromatic heterocycles. The second-order valence-electron chi connectivity index (χ2n) is 7.19. The Morgan fingerprint density at radius 3 is 2.72 bits per heavy atom. The predicted molar refractivity (Wildman–Crippen MR) is 112 cm³/mol. The van der Waals surface area contributed by atoms with E-state index in [4.69, 9.17) is 4.74 Å². The number of rotatable bonds is 7. The average Bonchev–Trinajstić information content (AvgIpc) is 3.20. The molecule has 29 heavy (non-hydrogen) atoms. The molecule has 1 N–H and O–H groups in total. The van der Waals surface area contributed by atoms with Crippen molar-refractivity contribution in [1.29, 1.82) is 0 Å². The fourth-order valence-electron chi connectivity index (χ4n) is 3.76. The van der Waals surface area contributed by atoms with Crippen LogP contribution in [0.1, 0.15) is 24.4 Å². The van der Waals surface area contributed by atoms with Crippen molar-refractivity contribution in [2.24, 2.45) is 0 Å². The van der Waals surface area contributed by atoms with Gasteiger partial charge in [-0.3, -0.25) is 19.1 Å². The van der Waals surface area contributed by atoms with Crippen LogP contribution in [0.3, 0.4) is 0 Å². The number of methoxy groups -OCH3 is 1. The number of aryl methyl sites for hydroxylation is 1. The van der Waals surface area contributed by atoms with E-state index in [0.29, 0.717) is 25.5 Å². The quantitative estimate of drug-likeness (QED) is 0.626. The molecule has 2 aromatic carbocycles. The zero-order chi connectivity index (χ0) is 20.4. The molecule has 1 aliphatic heterocycles. The number of ether oxygens (including phenoxy) is 1. The van der Waals surface area contributed by atoms with Gasteiger partial charge in [0, 0.05) is 25.9 Å². The summed E-state index contributed by atoms with van der Waals surface area (Å²) < 4.78 is 7.01. The number of hydrogen-bond acceptors (Lipinski definition) is 4. The van der Waals surface area contributed by atoms with E-state index < -0.39 is 6.04 Å². The third kappa shape index (κ3) is 3.61. The third-order valence-corrected chi connectivity index (χ3v) is 5.21. The molecule has 2 amide bonds. The number of para-hydroxylation sites is 3. The molecule has 1 aliphatic rings. The van der Waals surface area contributed by atoms with Gasteiger partial charge in [-0.1, -0.05) is 30.3 Å². The molecule has 3 aromatic rings. The molecule has 0 fully saturated rings. The molecular formula is C22H24N4O3. The summed E-state index contributed by atoms with van der Waals surface area (Å²) in [5.74, 6) is 0.301. The number of imidazole rings is 1. The number of carbonyl (C=O) groups is 2. The van der Waals surface area contributed by atoms with Crippen LogP contribution in [0.2, 0.25) is 0 Å². The van der Waals surface area contributed by atoms with Crippen LogP contribution in [-0.2, 0) is 14.3 Å². The van der Waals surface area contributed by atoms with Crippen molar-refractivity contribution >= 4 is 34.5 Å². The zero-order valence-corrected chi connectivity index (χ0v) is 16.6. The normalized spacial score (nSPS) is 15.7. The summed E-state index contributed by atoms with van der Waals surface area (Å²) in [4.78, 5) is 32.3. The molecule has 0 saturated carbocycles. The maximum atomic E-state index is 13.2. The lowest BCUT2D eigenvalue weighted by atomic mass is 10.1. The van der Waals surface area contributed by atoms with E-state index in [1.807, 2.05) is 60.0 Å². The van der Waals surface area contributed by atoms with Crippen LogP contribution in [0.5, 0.6) is 0 Å². The second kappa shape index (κ2) is 8.05. The SMILES string of the molecule is COCCCN1C(=O)C(CC(=O)Nc2ccccc2C)n2c1nc1ccccc12. The summed E-state index contributed by atoms with van der Waals surface area (Å²) >= 11 is 0. The van der Waals surface area contributed by atoms with Crippen molar-refractivity contribution < 1.29 is 14.3 Å². The van der Waals surface area contributed by atoms with Gasteiger partial charge in [0.1, 0.15) is 6.04 Å². The van der Waals surface area contributed by atoms with Gasteiger partial charge in [0.05, 0.1) is 17.5 Å². The molecule has 2 heterocycles. The molecular weight excluding hydrogens is 368 g/mol. The van der Waals surface area contributed by atoms with Crippen LogP contribution >= 0.6 is 0 Å². The number of benzene rings is 2. The van der Waals surface area contributed by atoms with Gasteiger partial charge in [-0.2, -0.15) is 0 Å². The zero-order valence-electron chi connectivity index (χ0n) is 16.6. The van der Waals surface area contributed by atoms with Crippen molar-refractivity contribution in [3.8, 4) is 0 Å². The molecule has 0 radical (unpaired) electrons. The number of aromatic nitrogens is 2. The first-order valence-electron chi connectivity index (χ1n) is 9.73. The van der Waals surface area contributed by atoms with Gasteiger partial charge in [-0.25, -0.2) is 4.98 Å². The topological polar surface area (TPSA) is 76.5 Å². The van der Waals surface area contributed by atoms with Gasteiger partial charge >= 0.3 is 0 Å². The molecule has 7 heteroatoms. The minimum absolute atomic E-state index is 0.0568. The summed E-state index contributed by atoms with van der Waals surface area (Å²) in [6, 6.07) is 14.7. The van der Waals surface area contributed by atoms with Crippen LogP contribution in [-0.4, -0.2) is 41.6 Å². The Kier molecular flexibility index (Phi) is 5.31. The van der Waals surface area contributed by atoms with Gasteiger partial charge in [0.25, 0.3) is 5.91 Å². The third-order valence-electron chi connectivity index (χ3n) is 5.21. The van der Waals surface area contributed by atoms with Crippen LogP contribution in [0, 0.1) is 6.92 Å². The number of anilines is 2. The highest BCUT2D eigenvalue weighted by Gasteiger charge is 2.40. The molecule has 0 saturated heterocycles. The van der Waals surface area contributed by atoms with E-state index in [-0.39, 0.29) is 18.2 Å². The Bertz CT molecular complexity index is 1060. The lowest BCUT2D eigenvalue weighted by molar-refractivity contribution is -0.124. The number of fused-ring (bicyclic) bond motifs is 3. The average molecular weight is 392 g/mol. The van der Waals surface area contributed by atoms with Crippen LogP contribution in [0.15, 0.2) is 48.5 Å². The maximum Gasteiger partial charge on any atom is 0.253 e. The van der Waals surface area contributed by atoms with E-state index >= 15 is 0 Å². The maximum absolute atomic E-state index is 13.2. The highest BCUT2D eigenvalue weighted by Crippen LogP contribution is 2.36. The lowest BCUT2D eigenvalue weighted by Crippen LogP contribution is -2.32. The largest absolute Gasteiger partial charge is 0.385 e. The first-order chi connectivity index (χ1) is 14.1. The fraction of sp³-hybridized carbons (Fsp3) is 0.318.